The number of rotatable bonds is 8. The Morgan fingerprint density at radius 2 is 2.03 bits per heavy atom. The highest BCUT2D eigenvalue weighted by atomic mass is 35.5. The summed E-state index contributed by atoms with van der Waals surface area (Å²) in [4.78, 5) is 52.5. The summed E-state index contributed by atoms with van der Waals surface area (Å²) in [7, 11) is 0. The highest BCUT2D eigenvalue weighted by Crippen LogP contribution is 2.27. The highest BCUT2D eigenvalue weighted by molar-refractivity contribution is 6.33. The molecule has 0 aromatic heterocycles. The quantitative estimate of drug-likeness (QED) is 0.337. The van der Waals surface area contributed by atoms with Gasteiger partial charge >= 0.3 is 12.1 Å². The smallest absolute Gasteiger partial charge is 0.408 e. The number of nitrogens with zero attached hydrogens (tertiary/aromatic N) is 1. The van der Waals surface area contributed by atoms with Gasteiger partial charge in [-0.1, -0.05) is 38.4 Å². The number of esters is 1. The Morgan fingerprint density at radius 1 is 1.30 bits per heavy atom. The van der Waals surface area contributed by atoms with Crippen LogP contribution in [0.1, 0.15) is 52.5 Å². The van der Waals surface area contributed by atoms with E-state index in [2.05, 4.69) is 10.6 Å². The van der Waals surface area contributed by atoms with Crippen LogP contribution in [0.25, 0.3) is 0 Å². The first-order chi connectivity index (χ1) is 17.4. The molecular formula is C25H35ClN4O7. The molecule has 0 saturated carbocycles. The predicted molar refractivity (Wildman–Crippen MR) is 135 cm³/mol. The minimum Gasteiger partial charge on any atom is -0.445 e. The van der Waals surface area contributed by atoms with Gasteiger partial charge in [0.25, 0.3) is 0 Å². The first-order valence-corrected chi connectivity index (χ1v) is 12.7. The van der Waals surface area contributed by atoms with Crippen LogP contribution in [-0.2, 0) is 35.2 Å². The van der Waals surface area contributed by atoms with Crippen LogP contribution in [0.2, 0.25) is 5.02 Å². The van der Waals surface area contributed by atoms with E-state index >= 15 is 0 Å². The molecule has 11 nitrogen and oxygen atoms in total. The lowest BCUT2D eigenvalue weighted by molar-refractivity contribution is -0.164. The molecule has 2 heterocycles. The van der Waals surface area contributed by atoms with Crippen LogP contribution in [0.15, 0.2) is 18.2 Å². The van der Waals surface area contributed by atoms with Crippen LogP contribution in [0.4, 0.5) is 10.5 Å². The van der Waals surface area contributed by atoms with Gasteiger partial charge in [-0.2, -0.15) is 0 Å². The fraction of sp³-hybridized carbons (Fsp3) is 0.600. The van der Waals surface area contributed by atoms with Crippen molar-refractivity contribution in [2.45, 2.75) is 78.0 Å². The third-order valence-electron chi connectivity index (χ3n) is 6.27. The van der Waals surface area contributed by atoms with Crippen LogP contribution >= 0.6 is 11.6 Å². The van der Waals surface area contributed by atoms with E-state index in [0.717, 1.165) is 0 Å². The summed E-state index contributed by atoms with van der Waals surface area (Å²) in [5, 5.41) is 5.82. The summed E-state index contributed by atoms with van der Waals surface area (Å²) in [6, 6.07) is 2.58. The Bertz CT molecular complexity index is 1030. The number of carbonyl (C=O) groups excluding carboxylic acids is 4. The van der Waals surface area contributed by atoms with Gasteiger partial charge < -0.3 is 35.5 Å². The molecule has 4 N–H and O–H groups in total. The topological polar surface area (TPSA) is 149 Å². The van der Waals surface area contributed by atoms with Gasteiger partial charge in [-0.05, 0) is 42.9 Å². The zero-order chi connectivity index (χ0) is 27.3. The zero-order valence-corrected chi connectivity index (χ0v) is 22.3. The Hall–Kier alpha value is -3.05. The van der Waals surface area contributed by atoms with Gasteiger partial charge in [-0.3, -0.25) is 14.4 Å². The summed E-state index contributed by atoms with van der Waals surface area (Å²) in [6.07, 6.45) is -0.562. The number of hydrogen-bond donors (Lipinski definition) is 3. The minimum absolute atomic E-state index is 0.00565. The summed E-state index contributed by atoms with van der Waals surface area (Å²) in [5.41, 5.74) is 6.09. The molecule has 3 rings (SSSR count). The molecule has 12 heteroatoms. The summed E-state index contributed by atoms with van der Waals surface area (Å²) in [5.74, 6) is -1.24. The fourth-order valence-corrected chi connectivity index (χ4v) is 4.54. The van der Waals surface area contributed by atoms with E-state index in [1.807, 2.05) is 20.8 Å². The number of halogens is 1. The summed E-state index contributed by atoms with van der Waals surface area (Å²) < 4.78 is 15.8. The first kappa shape index (κ1) is 28.5. The number of alkyl carbamates (subject to hydrolysis) is 1. The lowest BCUT2D eigenvalue weighted by atomic mass is 9.85. The molecule has 4 atom stereocenters. The monoisotopic (exact) mass is 538 g/mol. The van der Waals surface area contributed by atoms with Crippen molar-refractivity contribution in [3.63, 3.8) is 0 Å². The number of hydrogen-bond acceptors (Lipinski definition) is 8. The number of ether oxygens (including phenoxy) is 3. The van der Waals surface area contributed by atoms with E-state index in [-0.39, 0.29) is 13.0 Å². The standard InChI is InChI=1S/C25H35ClN4O7/c1-5-35-23-17(12-19(31)37-23)28-21(32)18-7-6-10-30(18)22(33)20(25(2,3)4)29-24(34)36-13-14-8-9-16(27)15(26)11-14/h8-9,11,17-18,20,23H,5-7,10,12-13,27H2,1-4H3,(H,28,32)(H,29,34)/t17-,18-,20+,23+/m0/s1. The maximum absolute atomic E-state index is 13.6. The SMILES string of the molecule is CCO[C@@H]1OC(=O)C[C@@H]1NC(=O)[C@@H]1CCCN1C(=O)[C@@H](NC(=O)OCc1ccc(N)c(Cl)c1)C(C)(C)C. The van der Waals surface area contributed by atoms with Crippen molar-refractivity contribution in [2.75, 3.05) is 18.9 Å². The van der Waals surface area contributed by atoms with Crippen molar-refractivity contribution in [3.8, 4) is 0 Å². The number of anilines is 1. The molecule has 0 bridgehead atoms. The Balaban J connectivity index is 1.65. The average molecular weight is 539 g/mol. The first-order valence-electron chi connectivity index (χ1n) is 12.3. The minimum atomic E-state index is -0.948. The van der Waals surface area contributed by atoms with Crippen molar-refractivity contribution in [2.24, 2.45) is 5.41 Å². The number of nitrogen functional groups attached to an aromatic ring is 1. The van der Waals surface area contributed by atoms with Crippen LogP contribution < -0.4 is 16.4 Å². The van der Waals surface area contributed by atoms with Crippen LogP contribution in [0.3, 0.4) is 0 Å². The molecule has 0 aliphatic carbocycles. The number of nitrogens with one attached hydrogen (secondary N) is 2. The molecule has 0 radical (unpaired) electrons. The van der Waals surface area contributed by atoms with Gasteiger partial charge in [-0.25, -0.2) is 4.79 Å². The molecule has 0 unspecified atom stereocenters. The molecule has 37 heavy (non-hydrogen) atoms. The van der Waals surface area contributed by atoms with Gasteiger partial charge in [0, 0.05) is 13.2 Å². The summed E-state index contributed by atoms with van der Waals surface area (Å²) in [6.45, 7) is 7.82. The molecular weight excluding hydrogens is 504 g/mol. The Kier molecular flexibility index (Phi) is 9.25. The zero-order valence-electron chi connectivity index (χ0n) is 21.5. The predicted octanol–water partition coefficient (Wildman–Crippen LogP) is 2.35. The van der Waals surface area contributed by atoms with E-state index in [4.69, 9.17) is 31.5 Å². The molecule has 0 spiro atoms. The molecule has 3 amide bonds. The maximum atomic E-state index is 13.6. The van der Waals surface area contributed by atoms with E-state index in [1.54, 1.807) is 25.1 Å². The molecule has 2 aliphatic rings. The van der Waals surface area contributed by atoms with Crippen LogP contribution in [0.5, 0.6) is 0 Å². The molecule has 2 fully saturated rings. The molecule has 1 aromatic rings. The van der Waals surface area contributed by atoms with Gasteiger partial charge in [-0.15, -0.1) is 0 Å². The third-order valence-corrected chi connectivity index (χ3v) is 6.60. The number of amides is 3. The average Bonchev–Trinajstić information content (AvgIpc) is 3.44. The summed E-state index contributed by atoms with van der Waals surface area (Å²) >= 11 is 6.02. The van der Waals surface area contributed by atoms with E-state index in [0.29, 0.717) is 42.3 Å². The van der Waals surface area contributed by atoms with Crippen molar-refractivity contribution in [1.29, 1.82) is 0 Å². The van der Waals surface area contributed by atoms with Gasteiger partial charge in [0.05, 0.1) is 17.1 Å². The van der Waals surface area contributed by atoms with E-state index in [1.165, 1.54) is 4.90 Å². The van der Waals surface area contributed by atoms with Gasteiger partial charge in [0.2, 0.25) is 18.1 Å². The number of benzene rings is 1. The Labute approximate surface area is 221 Å². The largest absolute Gasteiger partial charge is 0.445 e. The van der Waals surface area contributed by atoms with Crippen molar-refractivity contribution < 1.29 is 33.4 Å². The normalized spacial score (nSPS) is 22.4. The van der Waals surface area contributed by atoms with E-state index < -0.39 is 53.7 Å². The number of cyclic esters (lactones) is 1. The Morgan fingerprint density at radius 3 is 2.68 bits per heavy atom. The molecule has 2 saturated heterocycles. The van der Waals surface area contributed by atoms with E-state index in [9.17, 15) is 19.2 Å². The molecule has 204 valence electrons. The number of likely N-dealkylation sites (tertiary alicyclic amines) is 1. The molecule has 1 aromatic carbocycles. The second kappa shape index (κ2) is 12.0. The van der Waals surface area contributed by atoms with Crippen molar-refractivity contribution in [1.82, 2.24) is 15.5 Å². The third kappa shape index (κ3) is 7.26. The van der Waals surface area contributed by atoms with Crippen LogP contribution in [-0.4, -0.2) is 66.3 Å². The van der Waals surface area contributed by atoms with Crippen molar-refractivity contribution in [3.05, 3.63) is 28.8 Å². The highest BCUT2D eigenvalue weighted by Gasteiger charge is 2.44. The number of nitrogens with two attached hydrogens (primary N) is 1. The van der Waals surface area contributed by atoms with Gasteiger partial charge in [0.15, 0.2) is 0 Å². The lowest BCUT2D eigenvalue weighted by Gasteiger charge is -2.35. The second-order valence-electron chi connectivity index (χ2n) is 10.2. The lowest BCUT2D eigenvalue weighted by Crippen LogP contribution is -2.58. The second-order valence-corrected chi connectivity index (χ2v) is 10.6. The van der Waals surface area contributed by atoms with Crippen LogP contribution in [0, 0.1) is 5.41 Å². The fourth-order valence-electron chi connectivity index (χ4n) is 4.33. The van der Waals surface area contributed by atoms with Gasteiger partial charge in [0.1, 0.15) is 24.7 Å². The maximum Gasteiger partial charge on any atom is 0.408 e. The van der Waals surface area contributed by atoms with Crippen molar-refractivity contribution >= 4 is 41.2 Å². The molecule has 2 aliphatic heterocycles. The number of carbonyl (C=O) groups is 4.